The van der Waals surface area contributed by atoms with Gasteiger partial charge in [-0.2, -0.15) is 0 Å². The van der Waals surface area contributed by atoms with Crippen LogP contribution in [0.4, 0.5) is 11.9 Å². The number of rotatable bonds is 7. The van der Waals surface area contributed by atoms with Gasteiger partial charge in [0.25, 0.3) is 17.7 Å². The molecule has 11 heteroatoms. The summed E-state index contributed by atoms with van der Waals surface area (Å²) in [5, 5.41) is 6.04. The lowest BCUT2D eigenvalue weighted by Gasteiger charge is -2.32. The molecule has 0 atom stereocenters. The number of para-hydroxylation sites is 1. The van der Waals surface area contributed by atoms with E-state index in [9.17, 15) is 14.4 Å². The van der Waals surface area contributed by atoms with Gasteiger partial charge in [-0.3, -0.25) is 19.7 Å². The summed E-state index contributed by atoms with van der Waals surface area (Å²) in [5.74, 6) is -0.268. The van der Waals surface area contributed by atoms with Crippen molar-refractivity contribution in [3.05, 3.63) is 77.1 Å². The highest BCUT2D eigenvalue weighted by molar-refractivity contribution is 6.07. The topological polar surface area (TPSA) is 159 Å². The van der Waals surface area contributed by atoms with Crippen molar-refractivity contribution in [1.82, 2.24) is 24.8 Å². The molecule has 0 saturated carbocycles. The minimum absolute atomic E-state index is 0.0739. The predicted molar refractivity (Wildman–Crippen MR) is 143 cm³/mol. The summed E-state index contributed by atoms with van der Waals surface area (Å²) in [6, 6.07) is 11.7. The number of nitrogens with two attached hydrogens (primary N) is 1. The van der Waals surface area contributed by atoms with E-state index in [4.69, 9.17) is 5.73 Å². The number of primary amides is 1. The van der Waals surface area contributed by atoms with Gasteiger partial charge in [0.05, 0.1) is 11.1 Å². The van der Waals surface area contributed by atoms with Gasteiger partial charge in [0.1, 0.15) is 5.52 Å². The maximum absolute atomic E-state index is 13.0. The lowest BCUT2D eigenvalue weighted by Crippen LogP contribution is -2.42. The monoisotopic (exact) mass is 512 g/mol. The quantitative estimate of drug-likeness (QED) is 0.296. The van der Waals surface area contributed by atoms with E-state index in [2.05, 4.69) is 37.5 Å². The number of imidazole rings is 1. The molecule has 3 amide bonds. The summed E-state index contributed by atoms with van der Waals surface area (Å²) >= 11 is 0. The normalized spacial score (nSPS) is 13.9. The molecular weight excluding hydrogens is 484 g/mol. The van der Waals surface area contributed by atoms with Crippen LogP contribution < -0.4 is 16.4 Å². The number of aryl methyl sites for hydroxylation is 1. The summed E-state index contributed by atoms with van der Waals surface area (Å²) in [6.07, 6.45) is 6.13. The van der Waals surface area contributed by atoms with Crippen LogP contribution in [-0.4, -0.2) is 61.7 Å². The Labute approximate surface area is 218 Å². The molecule has 1 aliphatic heterocycles. The van der Waals surface area contributed by atoms with Gasteiger partial charge in [-0.05, 0) is 61.2 Å². The number of carbonyl (C=O) groups excluding carboxylic acids is 3. The molecule has 38 heavy (non-hydrogen) atoms. The zero-order valence-corrected chi connectivity index (χ0v) is 20.9. The number of likely N-dealkylation sites (tertiary alicyclic amines) is 1. The number of benzene rings is 2. The zero-order valence-electron chi connectivity index (χ0n) is 20.9. The highest BCUT2D eigenvalue weighted by Gasteiger charge is 2.24. The Morgan fingerprint density at radius 1 is 1.03 bits per heavy atom. The Morgan fingerprint density at radius 2 is 1.71 bits per heavy atom. The molecule has 5 rings (SSSR count). The van der Waals surface area contributed by atoms with Crippen molar-refractivity contribution in [2.24, 2.45) is 5.73 Å². The largest absolute Gasteiger partial charge is 0.366 e. The van der Waals surface area contributed by atoms with E-state index in [0.29, 0.717) is 41.2 Å². The van der Waals surface area contributed by atoms with E-state index in [0.717, 1.165) is 24.8 Å². The van der Waals surface area contributed by atoms with Gasteiger partial charge in [0.15, 0.2) is 0 Å². The second-order valence-corrected chi connectivity index (χ2v) is 9.16. The molecule has 1 saturated heterocycles. The maximum Gasteiger partial charge on any atom is 0.257 e. The molecule has 2 aromatic carbocycles. The van der Waals surface area contributed by atoms with Crippen molar-refractivity contribution >= 4 is 40.7 Å². The minimum atomic E-state index is -0.601. The smallest absolute Gasteiger partial charge is 0.257 e. The Morgan fingerprint density at radius 3 is 2.37 bits per heavy atom. The molecule has 1 aliphatic rings. The first-order valence-electron chi connectivity index (χ1n) is 12.5. The summed E-state index contributed by atoms with van der Waals surface area (Å²) in [6.45, 7) is 3.29. The number of nitrogens with one attached hydrogen (secondary N) is 3. The number of hydrogen-bond donors (Lipinski definition) is 4. The molecule has 194 valence electrons. The number of H-pyrrole nitrogens is 1. The lowest BCUT2D eigenvalue weighted by atomic mass is 10.0. The molecule has 4 aromatic rings. The third kappa shape index (κ3) is 5.31. The number of aromatic nitrogens is 4. The van der Waals surface area contributed by atoms with Gasteiger partial charge < -0.3 is 20.9 Å². The molecule has 0 unspecified atom stereocenters. The van der Waals surface area contributed by atoms with Crippen LogP contribution >= 0.6 is 0 Å². The summed E-state index contributed by atoms with van der Waals surface area (Å²) < 4.78 is 0. The molecule has 11 nitrogen and oxygen atoms in total. The van der Waals surface area contributed by atoms with Crippen molar-refractivity contribution in [3.8, 4) is 0 Å². The number of piperidine rings is 1. The average molecular weight is 513 g/mol. The second kappa shape index (κ2) is 10.7. The van der Waals surface area contributed by atoms with E-state index in [-0.39, 0.29) is 23.5 Å². The Balaban J connectivity index is 1.17. The summed E-state index contributed by atoms with van der Waals surface area (Å²) in [5.41, 5.74) is 8.61. The van der Waals surface area contributed by atoms with Crippen LogP contribution in [0.25, 0.3) is 11.0 Å². The third-order valence-corrected chi connectivity index (χ3v) is 6.63. The standard InChI is InChI=1S/C27H28N8O3/c1-2-16-14-29-26(30-15-16)31-19-10-12-35(13-11-19)25(38)18-8-6-17(7-9-18)24(37)34-27-32-21-5-3-4-20(23(28)36)22(21)33-27/h3-9,14-15,19H,2,10-13H2,1H3,(H2,28,36)(H,29,30,31)(H2,32,33,34,37). The van der Waals surface area contributed by atoms with Gasteiger partial charge in [-0.25, -0.2) is 15.0 Å². The van der Waals surface area contributed by atoms with Gasteiger partial charge in [0.2, 0.25) is 11.9 Å². The van der Waals surface area contributed by atoms with Crippen LogP contribution in [0.15, 0.2) is 54.9 Å². The highest BCUT2D eigenvalue weighted by atomic mass is 16.2. The Kier molecular flexibility index (Phi) is 6.98. The summed E-state index contributed by atoms with van der Waals surface area (Å²) in [4.78, 5) is 55.2. The molecular formula is C27H28N8O3. The van der Waals surface area contributed by atoms with E-state index in [1.54, 1.807) is 42.5 Å². The van der Waals surface area contributed by atoms with E-state index in [1.165, 1.54) is 0 Å². The van der Waals surface area contributed by atoms with E-state index < -0.39 is 11.8 Å². The maximum atomic E-state index is 13.0. The van der Waals surface area contributed by atoms with Gasteiger partial charge >= 0.3 is 0 Å². The van der Waals surface area contributed by atoms with Crippen molar-refractivity contribution in [1.29, 1.82) is 0 Å². The first-order chi connectivity index (χ1) is 18.4. The van der Waals surface area contributed by atoms with Crippen molar-refractivity contribution in [2.75, 3.05) is 23.7 Å². The first-order valence-corrected chi connectivity index (χ1v) is 12.5. The van der Waals surface area contributed by atoms with E-state index in [1.807, 2.05) is 17.3 Å². The van der Waals surface area contributed by atoms with Gasteiger partial charge in [-0.1, -0.05) is 13.0 Å². The Bertz CT molecular complexity index is 1470. The minimum Gasteiger partial charge on any atom is -0.366 e. The highest BCUT2D eigenvalue weighted by Crippen LogP contribution is 2.20. The molecule has 5 N–H and O–H groups in total. The SMILES string of the molecule is CCc1cnc(NC2CCN(C(=O)c3ccc(C(=O)Nc4nc5c(C(N)=O)cccc5[nH]4)cc3)CC2)nc1. The average Bonchev–Trinajstić information content (AvgIpc) is 3.36. The van der Waals surface area contributed by atoms with Crippen LogP contribution in [0, 0.1) is 0 Å². The lowest BCUT2D eigenvalue weighted by molar-refractivity contribution is 0.0717. The number of nitrogens with zero attached hydrogens (tertiary/aromatic N) is 4. The van der Waals surface area contributed by atoms with Crippen molar-refractivity contribution in [3.63, 3.8) is 0 Å². The predicted octanol–water partition coefficient (Wildman–Crippen LogP) is 2.98. The zero-order chi connectivity index (χ0) is 26.6. The van der Waals surface area contributed by atoms with Crippen molar-refractivity contribution in [2.45, 2.75) is 32.2 Å². The molecule has 3 heterocycles. The molecule has 0 spiro atoms. The fourth-order valence-electron chi connectivity index (χ4n) is 4.44. The van der Waals surface area contributed by atoms with E-state index >= 15 is 0 Å². The Hall–Kier alpha value is -4.80. The number of hydrogen-bond acceptors (Lipinski definition) is 7. The first kappa shape index (κ1) is 24.9. The molecule has 0 bridgehead atoms. The number of fused-ring (bicyclic) bond motifs is 1. The molecule has 2 aromatic heterocycles. The molecule has 0 aliphatic carbocycles. The third-order valence-electron chi connectivity index (χ3n) is 6.63. The fourth-order valence-corrected chi connectivity index (χ4v) is 4.44. The number of amides is 3. The molecule has 0 radical (unpaired) electrons. The van der Waals surface area contributed by atoms with Crippen LogP contribution in [0.1, 0.15) is 56.4 Å². The summed E-state index contributed by atoms with van der Waals surface area (Å²) in [7, 11) is 0. The number of aromatic amines is 1. The molecule has 1 fully saturated rings. The van der Waals surface area contributed by atoms with Crippen LogP contribution in [-0.2, 0) is 6.42 Å². The number of anilines is 2. The fraction of sp³-hybridized carbons (Fsp3) is 0.259. The van der Waals surface area contributed by atoms with Crippen LogP contribution in [0.5, 0.6) is 0 Å². The van der Waals surface area contributed by atoms with Crippen LogP contribution in [0.3, 0.4) is 0 Å². The van der Waals surface area contributed by atoms with Gasteiger partial charge in [-0.15, -0.1) is 0 Å². The van der Waals surface area contributed by atoms with Crippen LogP contribution in [0.2, 0.25) is 0 Å². The van der Waals surface area contributed by atoms with Crippen molar-refractivity contribution < 1.29 is 14.4 Å². The second-order valence-electron chi connectivity index (χ2n) is 9.16. The number of carbonyl (C=O) groups is 3. The van der Waals surface area contributed by atoms with Gasteiger partial charge in [0, 0.05) is 42.7 Å².